The highest BCUT2D eigenvalue weighted by Crippen LogP contribution is 2.39. The number of aromatic carboxylic acids is 1. The van der Waals surface area contributed by atoms with E-state index in [1.165, 1.54) is 14.0 Å². The lowest BCUT2D eigenvalue weighted by atomic mass is 10.0. The quantitative estimate of drug-likeness (QED) is 0.850. The minimum absolute atomic E-state index is 0.133. The number of carbonyl (C=O) groups is 2. The molecule has 1 heterocycles. The van der Waals surface area contributed by atoms with Gasteiger partial charge >= 0.3 is 5.97 Å². The number of halogens is 2. The first kappa shape index (κ1) is 18.0. The number of methoxy groups -OCH3 is 1. The monoisotopic (exact) mass is 368 g/mol. The van der Waals surface area contributed by atoms with Gasteiger partial charge in [0, 0.05) is 23.1 Å². The molecule has 2 rings (SSSR count). The summed E-state index contributed by atoms with van der Waals surface area (Å²) in [6, 6.07) is 4.88. The van der Waals surface area contributed by atoms with E-state index >= 15 is 0 Å². The second-order valence-corrected chi connectivity index (χ2v) is 5.77. The molecule has 0 saturated carbocycles. The van der Waals surface area contributed by atoms with E-state index in [1.807, 2.05) is 0 Å². The van der Waals surface area contributed by atoms with E-state index < -0.39 is 5.97 Å². The molecule has 6 nitrogen and oxygen atoms in total. The maximum atomic E-state index is 11.5. The Labute approximate surface area is 148 Å². The summed E-state index contributed by atoms with van der Waals surface area (Å²) >= 11 is 12.1. The van der Waals surface area contributed by atoms with Crippen LogP contribution in [0.4, 0.5) is 5.69 Å². The fraction of sp³-hybridized carbons (Fsp3) is 0.188. The number of hydrogen-bond donors (Lipinski definition) is 2. The first-order chi connectivity index (χ1) is 11.3. The van der Waals surface area contributed by atoms with E-state index in [-0.39, 0.29) is 22.3 Å². The maximum Gasteiger partial charge on any atom is 0.356 e. The van der Waals surface area contributed by atoms with Gasteiger partial charge in [-0.2, -0.15) is 0 Å². The molecular weight excluding hydrogens is 355 g/mol. The molecule has 1 amide bonds. The molecule has 0 radical (unpaired) electrons. The van der Waals surface area contributed by atoms with Crippen LogP contribution in [-0.2, 0) is 4.79 Å². The lowest BCUT2D eigenvalue weighted by molar-refractivity contribution is -0.114. The summed E-state index contributed by atoms with van der Waals surface area (Å²) in [7, 11) is 1.47. The van der Waals surface area contributed by atoms with Crippen molar-refractivity contribution in [1.29, 1.82) is 0 Å². The van der Waals surface area contributed by atoms with Crippen molar-refractivity contribution in [3.63, 3.8) is 0 Å². The highest BCUT2D eigenvalue weighted by atomic mass is 35.5. The van der Waals surface area contributed by atoms with Gasteiger partial charge < -0.3 is 15.2 Å². The van der Waals surface area contributed by atoms with E-state index in [0.717, 1.165) is 0 Å². The van der Waals surface area contributed by atoms with Gasteiger partial charge in [-0.3, -0.25) is 4.79 Å². The zero-order valence-electron chi connectivity index (χ0n) is 13.1. The molecule has 126 valence electrons. The van der Waals surface area contributed by atoms with Gasteiger partial charge in [0.05, 0.1) is 23.5 Å². The molecule has 1 aromatic carbocycles. The van der Waals surface area contributed by atoms with Crippen LogP contribution in [0, 0.1) is 6.92 Å². The Morgan fingerprint density at radius 2 is 1.96 bits per heavy atom. The predicted molar refractivity (Wildman–Crippen MR) is 92.2 cm³/mol. The van der Waals surface area contributed by atoms with Gasteiger partial charge in [-0.05, 0) is 25.1 Å². The van der Waals surface area contributed by atoms with E-state index in [0.29, 0.717) is 27.6 Å². The topological polar surface area (TPSA) is 88.5 Å². The number of pyridine rings is 1. The summed E-state index contributed by atoms with van der Waals surface area (Å²) in [5.41, 5.74) is 1.21. The Kier molecular flexibility index (Phi) is 5.31. The zero-order chi connectivity index (χ0) is 18.0. The van der Waals surface area contributed by atoms with Crippen LogP contribution in [-0.4, -0.2) is 29.1 Å². The molecule has 0 bridgehead atoms. The number of hydrogen-bond acceptors (Lipinski definition) is 4. The second kappa shape index (κ2) is 7.07. The van der Waals surface area contributed by atoms with Gasteiger partial charge in [-0.15, -0.1) is 0 Å². The smallest absolute Gasteiger partial charge is 0.356 e. The van der Waals surface area contributed by atoms with Gasteiger partial charge in [-0.1, -0.05) is 23.2 Å². The first-order valence-electron chi connectivity index (χ1n) is 6.81. The van der Waals surface area contributed by atoms with Crippen LogP contribution < -0.4 is 10.1 Å². The third kappa shape index (κ3) is 3.44. The lowest BCUT2D eigenvalue weighted by Gasteiger charge is -2.17. The Bertz CT molecular complexity index is 837. The van der Waals surface area contributed by atoms with Crippen molar-refractivity contribution < 1.29 is 19.4 Å². The second-order valence-electron chi connectivity index (χ2n) is 4.95. The molecule has 0 aliphatic rings. The first-order valence-corrected chi connectivity index (χ1v) is 7.56. The number of anilines is 1. The molecule has 0 aliphatic carbocycles. The molecule has 0 spiro atoms. The average molecular weight is 369 g/mol. The summed E-state index contributed by atoms with van der Waals surface area (Å²) < 4.78 is 5.29. The molecule has 0 unspecified atom stereocenters. The average Bonchev–Trinajstić information content (AvgIpc) is 2.51. The van der Waals surface area contributed by atoms with Crippen LogP contribution in [0.5, 0.6) is 5.75 Å². The fourth-order valence-electron chi connectivity index (χ4n) is 2.24. The van der Waals surface area contributed by atoms with Gasteiger partial charge in [0.2, 0.25) is 5.91 Å². The molecule has 8 heteroatoms. The highest BCUT2D eigenvalue weighted by molar-refractivity contribution is 6.36. The number of aromatic nitrogens is 1. The summed E-state index contributed by atoms with van der Waals surface area (Å²) in [6.07, 6.45) is 0. The normalized spacial score (nSPS) is 10.4. The Balaban J connectivity index is 2.81. The lowest BCUT2D eigenvalue weighted by Crippen LogP contribution is -2.13. The van der Waals surface area contributed by atoms with Crippen molar-refractivity contribution in [2.24, 2.45) is 0 Å². The largest absolute Gasteiger partial charge is 0.496 e. The number of amides is 1. The molecular formula is C16H14Cl2N2O4. The number of nitrogens with zero attached hydrogens (tertiary/aromatic N) is 1. The van der Waals surface area contributed by atoms with Crippen molar-refractivity contribution in [3.05, 3.63) is 39.5 Å². The van der Waals surface area contributed by atoms with Crippen molar-refractivity contribution in [3.8, 4) is 17.0 Å². The van der Waals surface area contributed by atoms with Crippen LogP contribution in [0.15, 0.2) is 18.2 Å². The molecule has 0 atom stereocenters. The molecule has 0 fully saturated rings. The number of nitrogens with one attached hydrogen (secondary N) is 1. The predicted octanol–water partition coefficient (Wildman–Crippen LogP) is 4.03. The number of rotatable bonds is 4. The van der Waals surface area contributed by atoms with Crippen LogP contribution in [0.2, 0.25) is 10.0 Å². The third-order valence-corrected chi connectivity index (χ3v) is 3.91. The zero-order valence-corrected chi connectivity index (χ0v) is 14.6. The standard InChI is InChI=1S/C16H14Cl2N2O4/c1-7-13(10-5-4-9(17)6-11(10)24-3)20-15(16(22)23)12(18)14(7)19-8(2)21/h4-6H,1-3H3,(H,22,23)(H,19,20,21). The molecule has 0 saturated heterocycles. The minimum Gasteiger partial charge on any atom is -0.496 e. The maximum absolute atomic E-state index is 11.5. The minimum atomic E-state index is -1.30. The van der Waals surface area contributed by atoms with Crippen molar-refractivity contribution >= 4 is 40.8 Å². The van der Waals surface area contributed by atoms with E-state index in [1.54, 1.807) is 25.1 Å². The van der Waals surface area contributed by atoms with Gasteiger partial charge in [0.1, 0.15) is 5.75 Å². The van der Waals surface area contributed by atoms with Gasteiger partial charge in [0.25, 0.3) is 0 Å². The number of carbonyl (C=O) groups excluding carboxylic acids is 1. The number of ether oxygens (including phenoxy) is 1. The fourth-order valence-corrected chi connectivity index (χ4v) is 2.71. The SMILES string of the molecule is COc1cc(Cl)ccc1-c1nc(C(=O)O)c(Cl)c(NC(C)=O)c1C. The number of carboxylic acids is 1. The van der Waals surface area contributed by atoms with Crippen LogP contribution >= 0.6 is 23.2 Å². The van der Waals surface area contributed by atoms with E-state index in [4.69, 9.17) is 27.9 Å². The number of benzene rings is 1. The van der Waals surface area contributed by atoms with E-state index in [2.05, 4.69) is 10.3 Å². The molecule has 2 aromatic rings. The van der Waals surface area contributed by atoms with Gasteiger partial charge in [-0.25, -0.2) is 9.78 Å². The Morgan fingerprint density at radius 3 is 2.50 bits per heavy atom. The van der Waals surface area contributed by atoms with Crippen LogP contribution in [0.25, 0.3) is 11.3 Å². The van der Waals surface area contributed by atoms with Crippen molar-refractivity contribution in [2.75, 3.05) is 12.4 Å². The molecule has 1 aromatic heterocycles. The van der Waals surface area contributed by atoms with Crippen molar-refractivity contribution in [1.82, 2.24) is 4.98 Å². The molecule has 0 aliphatic heterocycles. The Morgan fingerprint density at radius 1 is 1.29 bits per heavy atom. The van der Waals surface area contributed by atoms with E-state index in [9.17, 15) is 14.7 Å². The summed E-state index contributed by atoms with van der Waals surface area (Å²) in [6.45, 7) is 2.98. The van der Waals surface area contributed by atoms with Crippen LogP contribution in [0.1, 0.15) is 23.0 Å². The Hall–Kier alpha value is -2.31. The third-order valence-electron chi connectivity index (χ3n) is 3.30. The number of carboxylic acid groups (broad SMARTS) is 1. The summed E-state index contributed by atoms with van der Waals surface area (Å²) in [4.78, 5) is 27.0. The highest BCUT2D eigenvalue weighted by Gasteiger charge is 2.23. The van der Waals surface area contributed by atoms with Gasteiger partial charge in [0.15, 0.2) is 5.69 Å². The molecule has 24 heavy (non-hydrogen) atoms. The van der Waals surface area contributed by atoms with Crippen molar-refractivity contribution in [2.45, 2.75) is 13.8 Å². The molecule has 2 N–H and O–H groups in total. The van der Waals surface area contributed by atoms with Crippen LogP contribution in [0.3, 0.4) is 0 Å². The summed E-state index contributed by atoms with van der Waals surface area (Å²) in [5, 5.41) is 12.2. The summed E-state index contributed by atoms with van der Waals surface area (Å²) in [5.74, 6) is -1.26.